The van der Waals surface area contributed by atoms with Gasteiger partial charge in [0, 0.05) is 12.5 Å². The lowest BCUT2D eigenvalue weighted by Gasteiger charge is -2.14. The van der Waals surface area contributed by atoms with Crippen LogP contribution >= 0.6 is 0 Å². The third-order valence-corrected chi connectivity index (χ3v) is 2.71. The molecule has 86 valence electrons. The van der Waals surface area contributed by atoms with Gasteiger partial charge in [-0.1, -0.05) is 29.8 Å². The number of nitrogens with one attached hydrogen (secondary N) is 1. The molecular formula is C14H20N2. The summed E-state index contributed by atoms with van der Waals surface area (Å²) in [6.07, 6.45) is 2.73. The fraction of sp³-hybridized carbons (Fsp3) is 0.500. The van der Waals surface area contributed by atoms with E-state index in [2.05, 4.69) is 49.5 Å². The molecule has 0 amide bonds. The Morgan fingerprint density at radius 1 is 1.38 bits per heavy atom. The summed E-state index contributed by atoms with van der Waals surface area (Å²) in [5.74, 6) is 0. The first kappa shape index (κ1) is 12.7. The predicted octanol–water partition coefficient (Wildman–Crippen LogP) is 3.34. The van der Waals surface area contributed by atoms with E-state index < -0.39 is 0 Å². The van der Waals surface area contributed by atoms with E-state index in [1.54, 1.807) is 0 Å². The molecule has 0 saturated carbocycles. The zero-order valence-electron chi connectivity index (χ0n) is 10.2. The summed E-state index contributed by atoms with van der Waals surface area (Å²) < 4.78 is 0. The molecule has 0 aliphatic rings. The summed E-state index contributed by atoms with van der Waals surface area (Å²) in [7, 11) is 0. The van der Waals surface area contributed by atoms with Gasteiger partial charge in [-0.3, -0.25) is 0 Å². The topological polar surface area (TPSA) is 35.8 Å². The molecule has 0 bridgehead atoms. The van der Waals surface area contributed by atoms with E-state index in [0.29, 0.717) is 12.5 Å². The highest BCUT2D eigenvalue weighted by atomic mass is 14.9. The lowest BCUT2D eigenvalue weighted by atomic mass is 10.1. The van der Waals surface area contributed by atoms with E-state index in [1.807, 2.05) is 0 Å². The average molecular weight is 216 g/mol. The molecule has 0 aliphatic heterocycles. The van der Waals surface area contributed by atoms with Crippen LogP contribution in [0.5, 0.6) is 0 Å². The minimum absolute atomic E-state index is 0.391. The SMILES string of the molecule is Cc1cccc(C(C)NCCCCC#N)c1. The Morgan fingerprint density at radius 2 is 2.19 bits per heavy atom. The van der Waals surface area contributed by atoms with Crippen LogP contribution in [0.15, 0.2) is 24.3 Å². The Morgan fingerprint density at radius 3 is 2.88 bits per heavy atom. The average Bonchev–Trinajstić information content (AvgIpc) is 2.28. The minimum Gasteiger partial charge on any atom is -0.310 e. The van der Waals surface area contributed by atoms with Crippen LogP contribution < -0.4 is 5.32 Å². The second kappa shape index (κ2) is 7.03. The largest absolute Gasteiger partial charge is 0.310 e. The molecule has 1 atom stereocenters. The van der Waals surface area contributed by atoms with Gasteiger partial charge in [-0.2, -0.15) is 5.26 Å². The molecule has 0 fully saturated rings. The quantitative estimate of drug-likeness (QED) is 0.740. The number of rotatable bonds is 6. The van der Waals surface area contributed by atoms with Crippen LogP contribution in [0.3, 0.4) is 0 Å². The van der Waals surface area contributed by atoms with Crippen LogP contribution in [0.4, 0.5) is 0 Å². The summed E-state index contributed by atoms with van der Waals surface area (Å²) in [6, 6.07) is 11.1. The second-order valence-corrected chi connectivity index (χ2v) is 4.21. The normalized spacial score (nSPS) is 12.1. The van der Waals surface area contributed by atoms with Gasteiger partial charge in [0.15, 0.2) is 0 Å². The maximum Gasteiger partial charge on any atom is 0.0621 e. The number of benzene rings is 1. The van der Waals surface area contributed by atoms with Crippen LogP contribution in [0, 0.1) is 18.3 Å². The van der Waals surface area contributed by atoms with Gasteiger partial charge in [-0.05, 0) is 38.8 Å². The highest BCUT2D eigenvalue weighted by Crippen LogP contribution is 2.13. The molecule has 0 aliphatic carbocycles. The number of hydrogen-bond acceptors (Lipinski definition) is 2. The van der Waals surface area contributed by atoms with E-state index in [1.165, 1.54) is 11.1 Å². The van der Waals surface area contributed by atoms with Crippen molar-refractivity contribution in [2.24, 2.45) is 0 Å². The van der Waals surface area contributed by atoms with Crippen molar-refractivity contribution in [2.75, 3.05) is 6.54 Å². The van der Waals surface area contributed by atoms with Crippen LogP contribution in [-0.4, -0.2) is 6.54 Å². The number of unbranched alkanes of at least 4 members (excludes halogenated alkanes) is 2. The first-order valence-electron chi connectivity index (χ1n) is 5.91. The fourth-order valence-electron chi connectivity index (χ4n) is 1.70. The van der Waals surface area contributed by atoms with Crippen LogP contribution in [-0.2, 0) is 0 Å². The molecule has 1 unspecified atom stereocenters. The monoisotopic (exact) mass is 216 g/mol. The zero-order chi connectivity index (χ0) is 11.8. The highest BCUT2D eigenvalue weighted by molar-refractivity contribution is 5.24. The molecule has 2 heteroatoms. The molecule has 1 N–H and O–H groups in total. The minimum atomic E-state index is 0.391. The number of hydrogen-bond donors (Lipinski definition) is 1. The van der Waals surface area contributed by atoms with Gasteiger partial charge in [0.1, 0.15) is 0 Å². The third-order valence-electron chi connectivity index (χ3n) is 2.71. The van der Waals surface area contributed by atoms with Crippen LogP contribution in [0.2, 0.25) is 0 Å². The van der Waals surface area contributed by atoms with Crippen molar-refractivity contribution in [3.63, 3.8) is 0 Å². The lowest BCUT2D eigenvalue weighted by molar-refractivity contribution is 0.549. The predicted molar refractivity (Wildman–Crippen MR) is 67.1 cm³/mol. The van der Waals surface area contributed by atoms with Gasteiger partial charge in [0.05, 0.1) is 6.07 Å². The molecule has 1 rings (SSSR count). The summed E-state index contributed by atoms with van der Waals surface area (Å²) in [4.78, 5) is 0. The number of nitrogens with zero attached hydrogens (tertiary/aromatic N) is 1. The van der Waals surface area contributed by atoms with Crippen molar-refractivity contribution >= 4 is 0 Å². The second-order valence-electron chi connectivity index (χ2n) is 4.21. The van der Waals surface area contributed by atoms with Gasteiger partial charge in [0.2, 0.25) is 0 Å². The summed E-state index contributed by atoms with van der Waals surface area (Å²) in [5.41, 5.74) is 2.64. The van der Waals surface area contributed by atoms with Gasteiger partial charge in [-0.25, -0.2) is 0 Å². The molecule has 0 radical (unpaired) electrons. The van der Waals surface area contributed by atoms with Crippen LogP contribution in [0.25, 0.3) is 0 Å². The molecular weight excluding hydrogens is 196 g/mol. The van der Waals surface area contributed by atoms with Crippen LogP contribution in [0.1, 0.15) is 43.4 Å². The first-order valence-corrected chi connectivity index (χ1v) is 5.91. The van der Waals surface area contributed by atoms with E-state index >= 15 is 0 Å². The first-order chi connectivity index (χ1) is 7.74. The molecule has 0 saturated heterocycles. The molecule has 0 heterocycles. The van der Waals surface area contributed by atoms with Gasteiger partial charge < -0.3 is 5.32 Å². The van der Waals surface area contributed by atoms with Crippen molar-refractivity contribution in [3.8, 4) is 6.07 Å². The Bertz CT molecular complexity index is 352. The smallest absolute Gasteiger partial charge is 0.0621 e. The van der Waals surface area contributed by atoms with Crippen molar-refractivity contribution in [2.45, 2.75) is 39.2 Å². The fourth-order valence-corrected chi connectivity index (χ4v) is 1.70. The maximum absolute atomic E-state index is 8.41. The van der Waals surface area contributed by atoms with Gasteiger partial charge in [-0.15, -0.1) is 0 Å². The van der Waals surface area contributed by atoms with Crippen molar-refractivity contribution in [3.05, 3.63) is 35.4 Å². The Balaban J connectivity index is 2.30. The van der Waals surface area contributed by atoms with E-state index in [-0.39, 0.29) is 0 Å². The number of nitriles is 1. The molecule has 0 spiro atoms. The molecule has 1 aromatic rings. The molecule has 1 aromatic carbocycles. The third kappa shape index (κ3) is 4.46. The maximum atomic E-state index is 8.41. The standard InChI is InChI=1S/C14H20N2/c1-12-7-6-8-14(11-12)13(2)16-10-5-3-4-9-15/h6-8,11,13,16H,3-5,10H2,1-2H3. The molecule has 2 nitrogen and oxygen atoms in total. The van der Waals surface area contributed by atoms with Crippen molar-refractivity contribution in [1.29, 1.82) is 5.26 Å². The van der Waals surface area contributed by atoms with Crippen molar-refractivity contribution < 1.29 is 0 Å². The summed E-state index contributed by atoms with van der Waals surface area (Å²) in [6.45, 7) is 5.28. The molecule has 0 aromatic heterocycles. The van der Waals surface area contributed by atoms with Gasteiger partial charge >= 0.3 is 0 Å². The highest BCUT2D eigenvalue weighted by Gasteiger charge is 2.03. The Labute approximate surface area is 98.3 Å². The Kier molecular flexibility index (Phi) is 5.60. The zero-order valence-corrected chi connectivity index (χ0v) is 10.2. The number of aryl methyl sites for hydroxylation is 1. The molecule has 16 heavy (non-hydrogen) atoms. The summed E-state index contributed by atoms with van der Waals surface area (Å²) >= 11 is 0. The lowest BCUT2D eigenvalue weighted by Crippen LogP contribution is -2.19. The Hall–Kier alpha value is -1.33. The van der Waals surface area contributed by atoms with Gasteiger partial charge in [0.25, 0.3) is 0 Å². The van der Waals surface area contributed by atoms with E-state index in [0.717, 1.165) is 19.4 Å². The van der Waals surface area contributed by atoms with E-state index in [4.69, 9.17) is 5.26 Å². The van der Waals surface area contributed by atoms with E-state index in [9.17, 15) is 0 Å². The summed E-state index contributed by atoms with van der Waals surface area (Å²) in [5, 5.41) is 11.9. The van der Waals surface area contributed by atoms with Crippen molar-refractivity contribution in [1.82, 2.24) is 5.32 Å².